The van der Waals surface area contributed by atoms with Crippen LogP contribution in [0.5, 0.6) is 0 Å². The van der Waals surface area contributed by atoms with Gasteiger partial charge in [-0.3, -0.25) is 4.79 Å². The van der Waals surface area contributed by atoms with E-state index in [0.717, 1.165) is 10.9 Å². The zero-order valence-corrected chi connectivity index (χ0v) is 10.3. The van der Waals surface area contributed by atoms with Crippen LogP contribution in [0.1, 0.15) is 23.2 Å². The van der Waals surface area contributed by atoms with E-state index in [0.29, 0.717) is 19.6 Å². The second kappa shape index (κ2) is 5.06. The molecule has 1 aliphatic heterocycles. The zero-order valence-electron chi connectivity index (χ0n) is 8.71. The number of hydrogen-bond donors (Lipinski definition) is 0. The summed E-state index contributed by atoms with van der Waals surface area (Å²) in [7, 11) is 0. The molecule has 1 aromatic rings. The summed E-state index contributed by atoms with van der Waals surface area (Å²) in [5.41, 5.74) is 0.168. The molecule has 1 fully saturated rings. The lowest BCUT2D eigenvalue weighted by Crippen LogP contribution is -2.10. The Bertz CT molecular complexity index is 400. The van der Waals surface area contributed by atoms with E-state index in [1.54, 1.807) is 6.07 Å². The number of halogens is 2. The molecule has 0 radical (unpaired) electrons. The second-order valence-corrected chi connectivity index (χ2v) is 4.90. The van der Waals surface area contributed by atoms with E-state index < -0.39 is 5.82 Å². The Morgan fingerprint density at radius 1 is 1.56 bits per heavy atom. The van der Waals surface area contributed by atoms with Crippen molar-refractivity contribution in [2.24, 2.45) is 5.92 Å². The lowest BCUT2D eigenvalue weighted by atomic mass is 9.97. The predicted molar refractivity (Wildman–Crippen MR) is 62.0 cm³/mol. The molecule has 1 heterocycles. The maximum Gasteiger partial charge on any atom is 0.166 e. The van der Waals surface area contributed by atoms with Crippen LogP contribution in [0.25, 0.3) is 0 Å². The number of Topliss-reactive ketones (excluding diaryl/α,β-unsaturated/α-hetero) is 1. The van der Waals surface area contributed by atoms with Crippen molar-refractivity contribution in [1.29, 1.82) is 0 Å². The molecule has 1 aliphatic rings. The van der Waals surface area contributed by atoms with E-state index in [1.165, 1.54) is 12.1 Å². The molecular formula is C12H12BrFO2. The first-order valence-corrected chi connectivity index (χ1v) is 6.02. The molecule has 0 bridgehead atoms. The Balaban J connectivity index is 2.10. The fourth-order valence-corrected chi connectivity index (χ4v) is 2.19. The summed E-state index contributed by atoms with van der Waals surface area (Å²) >= 11 is 3.23. The summed E-state index contributed by atoms with van der Waals surface area (Å²) in [5.74, 6) is -0.354. The van der Waals surface area contributed by atoms with Crippen LogP contribution in [-0.2, 0) is 4.74 Å². The van der Waals surface area contributed by atoms with E-state index in [-0.39, 0.29) is 17.3 Å². The number of carbonyl (C=O) groups excluding carboxylic acids is 1. The summed E-state index contributed by atoms with van der Waals surface area (Å²) in [6.45, 7) is 1.32. The summed E-state index contributed by atoms with van der Waals surface area (Å²) < 4.78 is 19.3. The number of carbonyl (C=O) groups is 1. The van der Waals surface area contributed by atoms with Crippen molar-refractivity contribution in [2.45, 2.75) is 12.8 Å². The maximum absolute atomic E-state index is 13.4. The molecule has 16 heavy (non-hydrogen) atoms. The first-order chi connectivity index (χ1) is 7.66. The molecule has 1 saturated heterocycles. The first-order valence-electron chi connectivity index (χ1n) is 5.23. The van der Waals surface area contributed by atoms with Crippen LogP contribution in [0.2, 0.25) is 0 Å². The number of benzene rings is 1. The van der Waals surface area contributed by atoms with E-state index in [9.17, 15) is 9.18 Å². The molecule has 2 nitrogen and oxygen atoms in total. The van der Waals surface area contributed by atoms with Gasteiger partial charge in [-0.05, 0) is 30.5 Å². The van der Waals surface area contributed by atoms with Gasteiger partial charge in [0.25, 0.3) is 0 Å². The highest BCUT2D eigenvalue weighted by Crippen LogP contribution is 2.22. The molecule has 0 aliphatic carbocycles. The Morgan fingerprint density at radius 2 is 2.38 bits per heavy atom. The van der Waals surface area contributed by atoms with Gasteiger partial charge in [-0.15, -0.1) is 0 Å². The minimum atomic E-state index is -0.452. The van der Waals surface area contributed by atoms with Crippen LogP contribution in [0.4, 0.5) is 4.39 Å². The van der Waals surface area contributed by atoms with Crippen molar-refractivity contribution in [1.82, 2.24) is 0 Å². The van der Waals surface area contributed by atoms with Crippen molar-refractivity contribution in [3.63, 3.8) is 0 Å². The average Bonchev–Trinajstić information content (AvgIpc) is 2.74. The standard InChI is InChI=1S/C12H12BrFO2/c13-9-1-2-11(14)10(6-9)12(15)5-8-3-4-16-7-8/h1-2,6,8H,3-5,7H2. The third kappa shape index (κ3) is 2.68. The summed E-state index contributed by atoms with van der Waals surface area (Å²) in [6.07, 6.45) is 1.26. The molecule has 1 unspecified atom stereocenters. The van der Waals surface area contributed by atoms with Gasteiger partial charge in [-0.1, -0.05) is 15.9 Å². The number of hydrogen-bond acceptors (Lipinski definition) is 2. The first kappa shape index (κ1) is 11.7. The fraction of sp³-hybridized carbons (Fsp3) is 0.417. The topological polar surface area (TPSA) is 26.3 Å². The highest BCUT2D eigenvalue weighted by molar-refractivity contribution is 9.10. The highest BCUT2D eigenvalue weighted by Gasteiger charge is 2.21. The second-order valence-electron chi connectivity index (χ2n) is 3.98. The van der Waals surface area contributed by atoms with Gasteiger partial charge in [0.2, 0.25) is 0 Å². The third-order valence-corrected chi connectivity index (χ3v) is 3.22. The molecule has 0 N–H and O–H groups in total. The van der Waals surface area contributed by atoms with Crippen molar-refractivity contribution >= 4 is 21.7 Å². The van der Waals surface area contributed by atoms with Gasteiger partial charge in [0.15, 0.2) is 5.78 Å². The van der Waals surface area contributed by atoms with E-state index in [2.05, 4.69) is 15.9 Å². The monoisotopic (exact) mass is 286 g/mol. The summed E-state index contributed by atoms with van der Waals surface area (Å²) in [6, 6.07) is 4.43. The van der Waals surface area contributed by atoms with Crippen molar-refractivity contribution < 1.29 is 13.9 Å². The van der Waals surface area contributed by atoms with Gasteiger partial charge >= 0.3 is 0 Å². The largest absolute Gasteiger partial charge is 0.381 e. The SMILES string of the molecule is O=C(CC1CCOC1)c1cc(Br)ccc1F. The number of rotatable bonds is 3. The summed E-state index contributed by atoms with van der Waals surface area (Å²) in [5, 5.41) is 0. The molecule has 0 aromatic heterocycles. The van der Waals surface area contributed by atoms with Gasteiger partial charge in [-0.25, -0.2) is 4.39 Å². The lowest BCUT2D eigenvalue weighted by molar-refractivity contribution is 0.0948. The van der Waals surface area contributed by atoms with Crippen LogP contribution < -0.4 is 0 Å². The molecule has 1 atom stereocenters. The van der Waals surface area contributed by atoms with Gasteiger partial charge in [-0.2, -0.15) is 0 Å². The minimum absolute atomic E-state index is 0.144. The van der Waals surface area contributed by atoms with Gasteiger partial charge in [0.1, 0.15) is 5.82 Å². The molecule has 0 amide bonds. The Hall–Kier alpha value is -0.740. The quantitative estimate of drug-likeness (QED) is 0.798. The van der Waals surface area contributed by atoms with Gasteiger partial charge in [0.05, 0.1) is 5.56 Å². The van der Waals surface area contributed by atoms with Crippen molar-refractivity contribution in [2.75, 3.05) is 13.2 Å². The molecule has 2 rings (SSSR count). The minimum Gasteiger partial charge on any atom is -0.381 e. The van der Waals surface area contributed by atoms with Crippen LogP contribution in [0.3, 0.4) is 0 Å². The summed E-state index contributed by atoms with van der Waals surface area (Å²) in [4.78, 5) is 11.9. The lowest BCUT2D eigenvalue weighted by Gasteiger charge is -2.07. The third-order valence-electron chi connectivity index (χ3n) is 2.73. The Kier molecular flexibility index (Phi) is 3.71. The van der Waals surface area contributed by atoms with Crippen LogP contribution in [0, 0.1) is 11.7 Å². The number of ether oxygens (including phenoxy) is 1. The Labute approximate surface area is 102 Å². The molecular weight excluding hydrogens is 275 g/mol. The van der Waals surface area contributed by atoms with Crippen LogP contribution in [0.15, 0.2) is 22.7 Å². The van der Waals surface area contributed by atoms with Crippen LogP contribution in [-0.4, -0.2) is 19.0 Å². The van der Waals surface area contributed by atoms with Gasteiger partial charge in [0, 0.05) is 24.1 Å². The number of ketones is 1. The molecule has 1 aromatic carbocycles. The van der Waals surface area contributed by atoms with Crippen molar-refractivity contribution in [3.05, 3.63) is 34.1 Å². The maximum atomic E-state index is 13.4. The Morgan fingerprint density at radius 3 is 3.06 bits per heavy atom. The fourth-order valence-electron chi connectivity index (χ4n) is 1.83. The normalized spacial score (nSPS) is 20.0. The molecule has 4 heteroatoms. The van der Waals surface area contributed by atoms with Crippen LogP contribution >= 0.6 is 15.9 Å². The predicted octanol–water partition coefficient (Wildman–Crippen LogP) is 3.20. The van der Waals surface area contributed by atoms with Gasteiger partial charge < -0.3 is 4.74 Å². The highest BCUT2D eigenvalue weighted by atomic mass is 79.9. The van der Waals surface area contributed by atoms with Crippen molar-refractivity contribution in [3.8, 4) is 0 Å². The van der Waals surface area contributed by atoms with E-state index in [4.69, 9.17) is 4.74 Å². The molecule has 0 spiro atoms. The zero-order chi connectivity index (χ0) is 11.5. The van der Waals surface area contributed by atoms with E-state index in [1.807, 2.05) is 0 Å². The average molecular weight is 287 g/mol. The van der Waals surface area contributed by atoms with E-state index >= 15 is 0 Å². The molecule has 0 saturated carbocycles. The smallest absolute Gasteiger partial charge is 0.166 e. The molecule has 86 valence electrons.